The van der Waals surface area contributed by atoms with Gasteiger partial charge in [-0.2, -0.15) is 18.3 Å². The molecule has 3 aromatic heterocycles. The van der Waals surface area contributed by atoms with Crippen LogP contribution in [0.4, 0.5) is 19.0 Å². The van der Waals surface area contributed by atoms with Crippen LogP contribution in [0.15, 0.2) is 49.2 Å². The number of halogens is 3. The molecule has 1 aliphatic rings. The Balaban J connectivity index is 1.40. The first-order valence-electron chi connectivity index (χ1n) is 8.81. The summed E-state index contributed by atoms with van der Waals surface area (Å²) in [5.41, 5.74) is -0.884. The highest BCUT2D eigenvalue weighted by atomic mass is 19.4. The van der Waals surface area contributed by atoms with Crippen LogP contribution in [0.5, 0.6) is 0 Å². The summed E-state index contributed by atoms with van der Waals surface area (Å²) < 4.78 is 39.5. The minimum atomic E-state index is -4.53. The summed E-state index contributed by atoms with van der Waals surface area (Å²) in [5, 5.41) is 4.14. The van der Waals surface area contributed by atoms with E-state index in [1.54, 1.807) is 28.0 Å². The smallest absolute Gasteiger partial charge is 0.353 e. The number of nitrogens with zero attached hydrogens (tertiary/aromatic N) is 7. The predicted octanol–water partition coefficient (Wildman–Crippen LogP) is 2.04. The van der Waals surface area contributed by atoms with E-state index in [-0.39, 0.29) is 11.5 Å². The number of rotatable bonds is 3. The maximum atomic E-state index is 12.6. The fraction of sp³-hybridized carbons (Fsp3) is 0.278. The van der Waals surface area contributed by atoms with Gasteiger partial charge in [-0.25, -0.2) is 14.6 Å². The number of hydrogen-bond donors (Lipinski definition) is 0. The van der Waals surface area contributed by atoms with Crippen LogP contribution in [-0.2, 0) is 6.18 Å². The van der Waals surface area contributed by atoms with Crippen molar-refractivity contribution in [2.45, 2.75) is 6.18 Å². The van der Waals surface area contributed by atoms with Crippen molar-refractivity contribution in [3.05, 3.63) is 60.4 Å². The van der Waals surface area contributed by atoms with Gasteiger partial charge in [-0.05, 0) is 18.2 Å². The second-order valence-corrected chi connectivity index (χ2v) is 6.39. The van der Waals surface area contributed by atoms with Crippen LogP contribution < -0.4 is 4.90 Å². The van der Waals surface area contributed by atoms with Gasteiger partial charge in [-0.3, -0.25) is 9.78 Å². The van der Waals surface area contributed by atoms with Gasteiger partial charge in [0, 0.05) is 50.8 Å². The summed E-state index contributed by atoms with van der Waals surface area (Å²) in [6.45, 7) is 1.91. The lowest BCUT2D eigenvalue weighted by atomic mass is 10.2. The molecule has 1 amide bonds. The minimum absolute atomic E-state index is 0.134. The topological polar surface area (TPSA) is 80.0 Å². The van der Waals surface area contributed by atoms with Gasteiger partial charge in [0.15, 0.2) is 5.82 Å². The normalized spacial score (nSPS) is 14.9. The molecule has 11 heteroatoms. The molecule has 3 aromatic rings. The third kappa shape index (κ3) is 4.03. The summed E-state index contributed by atoms with van der Waals surface area (Å²) >= 11 is 0. The minimum Gasteiger partial charge on any atom is -0.353 e. The molecule has 0 unspecified atom stereocenters. The Labute approximate surface area is 163 Å². The van der Waals surface area contributed by atoms with Crippen molar-refractivity contribution in [2.24, 2.45) is 0 Å². The fourth-order valence-electron chi connectivity index (χ4n) is 3.05. The van der Waals surface area contributed by atoms with E-state index in [0.29, 0.717) is 37.8 Å². The van der Waals surface area contributed by atoms with Gasteiger partial charge < -0.3 is 9.80 Å². The Morgan fingerprint density at radius 2 is 1.76 bits per heavy atom. The number of amides is 1. The molecule has 8 nitrogen and oxygen atoms in total. The molecule has 1 saturated heterocycles. The van der Waals surface area contributed by atoms with Gasteiger partial charge in [0.25, 0.3) is 5.91 Å². The first-order valence-corrected chi connectivity index (χ1v) is 8.81. The second kappa shape index (κ2) is 7.49. The Morgan fingerprint density at radius 1 is 1.00 bits per heavy atom. The molecule has 0 aliphatic carbocycles. The molecule has 4 heterocycles. The molecular weight excluding hydrogens is 387 g/mol. The van der Waals surface area contributed by atoms with E-state index in [9.17, 15) is 18.0 Å². The van der Waals surface area contributed by atoms with E-state index >= 15 is 0 Å². The van der Waals surface area contributed by atoms with Crippen LogP contribution in [-0.4, -0.2) is 61.7 Å². The molecule has 0 bridgehead atoms. The lowest BCUT2D eigenvalue weighted by Crippen LogP contribution is -2.49. The van der Waals surface area contributed by atoms with Crippen molar-refractivity contribution in [2.75, 3.05) is 31.1 Å². The zero-order valence-corrected chi connectivity index (χ0v) is 15.1. The van der Waals surface area contributed by atoms with E-state index in [4.69, 9.17) is 0 Å². The zero-order chi connectivity index (χ0) is 20.4. The molecule has 0 aromatic carbocycles. The average molecular weight is 403 g/mol. The van der Waals surface area contributed by atoms with Crippen LogP contribution in [0.3, 0.4) is 0 Å². The van der Waals surface area contributed by atoms with Crippen molar-refractivity contribution in [3.63, 3.8) is 0 Å². The van der Waals surface area contributed by atoms with Crippen molar-refractivity contribution < 1.29 is 18.0 Å². The Morgan fingerprint density at radius 3 is 2.38 bits per heavy atom. The predicted molar refractivity (Wildman–Crippen MR) is 96.5 cm³/mol. The molecule has 0 N–H and O–H groups in total. The average Bonchev–Trinajstić information content (AvgIpc) is 3.28. The van der Waals surface area contributed by atoms with Crippen LogP contribution in [0.1, 0.15) is 16.1 Å². The Bertz CT molecular complexity index is 981. The number of hydrogen-bond acceptors (Lipinski definition) is 6. The molecule has 150 valence electrons. The standard InChI is InChI=1S/C18H16F3N7O/c19-18(20,21)14-3-2-13(11-22-14)17(29)27-8-6-26(7-9-27)15-10-16(24-12-23-15)28-5-1-4-25-28/h1-5,10-12H,6-9H2. The quantitative estimate of drug-likeness (QED) is 0.666. The number of carbonyl (C=O) groups excluding carboxylic acids is 1. The first kappa shape index (κ1) is 18.8. The number of anilines is 1. The summed E-state index contributed by atoms with van der Waals surface area (Å²) in [7, 11) is 0. The number of carbonyl (C=O) groups is 1. The van der Waals surface area contributed by atoms with E-state index in [1.165, 1.54) is 6.33 Å². The SMILES string of the molecule is O=C(c1ccc(C(F)(F)F)nc1)N1CCN(c2cc(-n3cccn3)ncn2)CC1. The van der Waals surface area contributed by atoms with Gasteiger partial charge >= 0.3 is 6.18 Å². The lowest BCUT2D eigenvalue weighted by Gasteiger charge is -2.35. The number of pyridine rings is 1. The first-order chi connectivity index (χ1) is 13.9. The second-order valence-electron chi connectivity index (χ2n) is 6.39. The van der Waals surface area contributed by atoms with E-state index in [2.05, 4.69) is 20.1 Å². The molecule has 0 radical (unpaired) electrons. The highest BCUT2D eigenvalue weighted by molar-refractivity contribution is 5.94. The van der Waals surface area contributed by atoms with Gasteiger partial charge in [-0.15, -0.1) is 0 Å². The molecule has 4 rings (SSSR count). The van der Waals surface area contributed by atoms with Gasteiger partial charge in [0.05, 0.1) is 5.56 Å². The maximum Gasteiger partial charge on any atom is 0.433 e. The number of piperazine rings is 1. The van der Waals surface area contributed by atoms with E-state index < -0.39 is 11.9 Å². The lowest BCUT2D eigenvalue weighted by molar-refractivity contribution is -0.141. The maximum absolute atomic E-state index is 12.6. The third-order valence-electron chi connectivity index (χ3n) is 4.57. The molecule has 0 atom stereocenters. The van der Waals surface area contributed by atoms with Crippen molar-refractivity contribution in [3.8, 4) is 5.82 Å². The summed E-state index contributed by atoms with van der Waals surface area (Å²) in [4.78, 5) is 28.0. The summed E-state index contributed by atoms with van der Waals surface area (Å²) in [6, 6.07) is 5.58. The molecule has 0 spiro atoms. The van der Waals surface area contributed by atoms with Gasteiger partial charge in [0.2, 0.25) is 0 Å². The van der Waals surface area contributed by atoms with Crippen molar-refractivity contribution in [1.82, 2.24) is 29.6 Å². The largest absolute Gasteiger partial charge is 0.433 e. The summed E-state index contributed by atoms with van der Waals surface area (Å²) in [6.07, 6.45) is 1.33. The molecule has 29 heavy (non-hydrogen) atoms. The third-order valence-corrected chi connectivity index (χ3v) is 4.57. The van der Waals surface area contributed by atoms with E-state index in [0.717, 1.165) is 18.3 Å². The molecule has 0 saturated carbocycles. The van der Waals surface area contributed by atoms with Crippen molar-refractivity contribution in [1.29, 1.82) is 0 Å². The number of aromatic nitrogens is 5. The van der Waals surface area contributed by atoms with Crippen LogP contribution in [0, 0.1) is 0 Å². The fourth-order valence-corrected chi connectivity index (χ4v) is 3.05. The Kier molecular flexibility index (Phi) is 4.87. The molecule has 1 fully saturated rings. The molecular formula is C18H16F3N7O. The number of alkyl halides is 3. The van der Waals surface area contributed by atoms with Crippen molar-refractivity contribution >= 4 is 11.7 Å². The highest BCUT2D eigenvalue weighted by Gasteiger charge is 2.32. The van der Waals surface area contributed by atoms with Gasteiger partial charge in [-0.1, -0.05) is 0 Å². The monoisotopic (exact) mass is 403 g/mol. The van der Waals surface area contributed by atoms with Crippen LogP contribution in [0.2, 0.25) is 0 Å². The summed E-state index contributed by atoms with van der Waals surface area (Å²) in [5.74, 6) is 1.01. The van der Waals surface area contributed by atoms with Crippen LogP contribution in [0.25, 0.3) is 5.82 Å². The molecule has 1 aliphatic heterocycles. The van der Waals surface area contributed by atoms with Crippen LogP contribution >= 0.6 is 0 Å². The zero-order valence-electron chi connectivity index (χ0n) is 15.1. The van der Waals surface area contributed by atoms with E-state index in [1.807, 2.05) is 11.0 Å². The highest BCUT2D eigenvalue weighted by Crippen LogP contribution is 2.27. The van der Waals surface area contributed by atoms with Gasteiger partial charge in [0.1, 0.15) is 17.8 Å². The Hall–Kier alpha value is -3.50.